The molecule has 6 heteroatoms. The molecular weight excluding hydrogens is 399 g/mol. The average Bonchev–Trinajstić information content (AvgIpc) is 2.59. The second-order valence-corrected chi connectivity index (χ2v) is 9.81. The molecule has 0 heterocycles. The number of hydrogen-bond donors (Lipinski definition) is 1. The normalized spacial score (nSPS) is 13.9. The number of aliphatic hydroxyl groups is 1. The molecule has 0 saturated carbocycles. The Kier molecular flexibility index (Phi) is 24.6. The number of rotatable bonds is 20. The fourth-order valence-electron chi connectivity index (χ4n) is 3.70. The molecule has 0 bridgehead atoms. The van der Waals surface area contributed by atoms with Crippen molar-refractivity contribution in [2.75, 3.05) is 0 Å². The monoisotopic (exact) mass is 444 g/mol. The van der Waals surface area contributed by atoms with Crippen molar-refractivity contribution >= 4 is 10.1 Å². The molecule has 0 aliphatic heterocycles. The van der Waals surface area contributed by atoms with Crippen molar-refractivity contribution in [2.24, 2.45) is 0 Å². The second-order valence-electron chi connectivity index (χ2n) is 8.22. The van der Waals surface area contributed by atoms with Gasteiger partial charge in [-0.1, -0.05) is 116 Å². The third-order valence-corrected chi connectivity index (χ3v) is 6.87. The third-order valence-electron chi connectivity index (χ3n) is 5.50. The Bertz CT molecular complexity index is 413. The van der Waals surface area contributed by atoms with E-state index in [2.05, 4.69) is 6.92 Å². The van der Waals surface area contributed by atoms with Crippen molar-refractivity contribution in [1.29, 1.82) is 0 Å². The van der Waals surface area contributed by atoms with Crippen LogP contribution in [0.2, 0.25) is 0 Å². The van der Waals surface area contributed by atoms with Gasteiger partial charge in [0.05, 0.1) is 11.4 Å². The molecule has 0 saturated heterocycles. The van der Waals surface area contributed by atoms with E-state index >= 15 is 0 Å². The zero-order valence-corrected chi connectivity index (χ0v) is 22.9. The van der Waals surface area contributed by atoms with Crippen LogP contribution in [0.1, 0.15) is 129 Å². The molecule has 0 aromatic rings. The van der Waals surface area contributed by atoms with E-state index in [1.807, 2.05) is 0 Å². The van der Waals surface area contributed by atoms with Crippen LogP contribution in [0.25, 0.3) is 0 Å². The summed E-state index contributed by atoms with van der Waals surface area (Å²) in [7, 11) is -4.39. The van der Waals surface area contributed by atoms with Crippen molar-refractivity contribution in [1.82, 2.24) is 0 Å². The number of aliphatic hydroxyl groups excluding tert-OH is 1. The van der Waals surface area contributed by atoms with E-state index in [1.54, 1.807) is 0 Å². The fourth-order valence-corrected chi connectivity index (χ4v) is 4.63. The molecule has 0 radical (unpaired) electrons. The summed E-state index contributed by atoms with van der Waals surface area (Å²) in [5.41, 5.74) is 0. The molecule has 164 valence electrons. The van der Waals surface area contributed by atoms with Gasteiger partial charge >= 0.3 is 51.4 Å². The summed E-state index contributed by atoms with van der Waals surface area (Å²) in [5, 5.41) is 8.26. The first-order valence-electron chi connectivity index (χ1n) is 11.5. The SMILES string of the molecule is CCCCCCCCCCCCCCCCCCCC(C(C)O)S(=O)(=O)[O-].[K+]. The van der Waals surface area contributed by atoms with Gasteiger partial charge in [0.2, 0.25) is 0 Å². The first kappa shape index (κ1) is 31.7. The molecule has 0 aliphatic carbocycles. The van der Waals surface area contributed by atoms with Crippen LogP contribution in [0.3, 0.4) is 0 Å². The summed E-state index contributed by atoms with van der Waals surface area (Å²) in [4.78, 5) is 0. The molecule has 0 aromatic carbocycles. The summed E-state index contributed by atoms with van der Waals surface area (Å²) in [6, 6.07) is 0. The Hall–Kier alpha value is 1.51. The smallest absolute Gasteiger partial charge is 0.748 e. The van der Waals surface area contributed by atoms with Crippen LogP contribution < -0.4 is 51.4 Å². The quantitative estimate of drug-likeness (QED) is 0.177. The summed E-state index contributed by atoms with van der Waals surface area (Å²) in [6.07, 6.45) is 20.9. The van der Waals surface area contributed by atoms with Gasteiger partial charge in [-0.05, 0) is 13.3 Å². The average molecular weight is 445 g/mol. The Morgan fingerprint density at radius 3 is 1.21 bits per heavy atom. The van der Waals surface area contributed by atoms with Crippen molar-refractivity contribution < 1.29 is 69.5 Å². The molecular formula is C22H45KO4S. The summed E-state index contributed by atoms with van der Waals surface area (Å²) >= 11 is 0. The molecule has 0 fully saturated rings. The molecule has 0 spiro atoms. The van der Waals surface area contributed by atoms with E-state index in [1.165, 1.54) is 96.8 Å². The van der Waals surface area contributed by atoms with Gasteiger partial charge in [-0.2, -0.15) is 0 Å². The van der Waals surface area contributed by atoms with Crippen LogP contribution >= 0.6 is 0 Å². The molecule has 0 amide bonds. The van der Waals surface area contributed by atoms with E-state index in [4.69, 9.17) is 0 Å². The van der Waals surface area contributed by atoms with Gasteiger partial charge in [-0.3, -0.25) is 0 Å². The van der Waals surface area contributed by atoms with Crippen LogP contribution in [0.4, 0.5) is 0 Å². The van der Waals surface area contributed by atoms with Crippen molar-refractivity contribution in [2.45, 2.75) is 141 Å². The first-order chi connectivity index (χ1) is 12.9. The van der Waals surface area contributed by atoms with Gasteiger partial charge in [0.25, 0.3) is 0 Å². The summed E-state index contributed by atoms with van der Waals surface area (Å²) < 4.78 is 33.2. The Morgan fingerprint density at radius 1 is 0.679 bits per heavy atom. The largest absolute Gasteiger partial charge is 1.00 e. The second kappa shape index (κ2) is 21.7. The maximum Gasteiger partial charge on any atom is 1.00 e. The fraction of sp³-hybridized carbons (Fsp3) is 1.00. The maximum atomic E-state index is 11.1. The van der Waals surface area contributed by atoms with Crippen molar-refractivity contribution in [3.63, 3.8) is 0 Å². The minimum Gasteiger partial charge on any atom is -0.748 e. The van der Waals surface area contributed by atoms with Gasteiger partial charge in [-0.15, -0.1) is 0 Å². The molecule has 2 unspecified atom stereocenters. The van der Waals surface area contributed by atoms with Crippen LogP contribution in [-0.4, -0.2) is 29.4 Å². The van der Waals surface area contributed by atoms with Gasteiger partial charge in [0, 0.05) is 0 Å². The van der Waals surface area contributed by atoms with Crippen molar-refractivity contribution in [3.05, 3.63) is 0 Å². The van der Waals surface area contributed by atoms with Crippen LogP contribution in [-0.2, 0) is 10.1 Å². The Labute approximate surface area is 218 Å². The van der Waals surface area contributed by atoms with Gasteiger partial charge in [0.15, 0.2) is 0 Å². The molecule has 0 rings (SSSR count). The maximum absolute atomic E-state index is 11.1. The predicted octanol–water partition coefficient (Wildman–Crippen LogP) is 3.33. The van der Waals surface area contributed by atoms with Gasteiger partial charge < -0.3 is 9.66 Å². The molecule has 0 aliphatic rings. The van der Waals surface area contributed by atoms with E-state index in [0.29, 0.717) is 6.42 Å². The van der Waals surface area contributed by atoms with Gasteiger partial charge in [0.1, 0.15) is 10.1 Å². The van der Waals surface area contributed by atoms with E-state index in [9.17, 15) is 18.1 Å². The summed E-state index contributed by atoms with van der Waals surface area (Å²) in [6.45, 7) is 3.65. The Morgan fingerprint density at radius 2 is 0.964 bits per heavy atom. The van der Waals surface area contributed by atoms with E-state index < -0.39 is 21.5 Å². The van der Waals surface area contributed by atoms with E-state index in [-0.39, 0.29) is 57.8 Å². The minimum atomic E-state index is -4.39. The van der Waals surface area contributed by atoms with E-state index in [0.717, 1.165) is 12.8 Å². The van der Waals surface area contributed by atoms with Crippen LogP contribution in [0.15, 0.2) is 0 Å². The predicted molar refractivity (Wildman–Crippen MR) is 114 cm³/mol. The molecule has 2 atom stereocenters. The zero-order valence-electron chi connectivity index (χ0n) is 19.0. The molecule has 0 aromatic heterocycles. The minimum absolute atomic E-state index is 0. The standard InChI is InChI=1S/C22H46O4S.K/c1-3-4-5-6-7-8-9-10-11-12-13-14-15-16-17-18-19-20-22(21(2)23)27(24,25)26;/h21-23H,3-20H2,1-2H3,(H,24,25,26);/q;+1/p-1. The van der Waals surface area contributed by atoms with Crippen LogP contribution in [0, 0.1) is 0 Å². The zero-order chi connectivity index (χ0) is 20.4. The Balaban J connectivity index is 0. The summed E-state index contributed by atoms with van der Waals surface area (Å²) in [5.74, 6) is 0. The first-order valence-corrected chi connectivity index (χ1v) is 13.0. The van der Waals surface area contributed by atoms with Crippen LogP contribution in [0.5, 0.6) is 0 Å². The molecule has 4 nitrogen and oxygen atoms in total. The molecule has 1 N–H and O–H groups in total. The topological polar surface area (TPSA) is 77.4 Å². The molecule has 28 heavy (non-hydrogen) atoms. The number of unbranched alkanes of at least 4 members (excludes halogenated alkanes) is 16. The number of hydrogen-bond acceptors (Lipinski definition) is 4. The third kappa shape index (κ3) is 20.8. The van der Waals surface area contributed by atoms with Gasteiger partial charge in [-0.25, -0.2) is 8.42 Å². The van der Waals surface area contributed by atoms with Crippen molar-refractivity contribution in [3.8, 4) is 0 Å².